The molecule has 0 aliphatic rings. The molecule has 0 amide bonds. The summed E-state index contributed by atoms with van der Waals surface area (Å²) in [5.74, 6) is 0.925. The topological polar surface area (TPSA) is 39.9 Å². The van der Waals surface area contributed by atoms with Crippen molar-refractivity contribution in [3.63, 3.8) is 0 Å². The van der Waals surface area contributed by atoms with E-state index in [4.69, 9.17) is 4.74 Å². The molecule has 0 unspecified atom stereocenters. The van der Waals surface area contributed by atoms with Gasteiger partial charge in [0.25, 0.3) is 0 Å². The summed E-state index contributed by atoms with van der Waals surface area (Å²) >= 11 is 1.44. The van der Waals surface area contributed by atoms with Gasteiger partial charge >= 0.3 is 6.18 Å². The summed E-state index contributed by atoms with van der Waals surface area (Å²) in [4.78, 5) is 0. The van der Waals surface area contributed by atoms with Gasteiger partial charge in [-0.05, 0) is 42.8 Å². The Hall–Kier alpha value is -2.55. The van der Waals surface area contributed by atoms with E-state index in [-0.39, 0.29) is 18.2 Å². The molecule has 0 N–H and O–H groups in total. The summed E-state index contributed by atoms with van der Waals surface area (Å²) in [6.45, 7) is 2.50. The molecule has 0 bridgehead atoms. The van der Waals surface area contributed by atoms with Gasteiger partial charge in [0.1, 0.15) is 18.2 Å². The number of thioether (sulfide) groups is 1. The zero-order chi connectivity index (χ0) is 20.1. The fourth-order valence-corrected chi connectivity index (χ4v) is 3.47. The smallest absolute Gasteiger partial charge is 0.416 e. The van der Waals surface area contributed by atoms with Crippen molar-refractivity contribution in [2.24, 2.45) is 0 Å². The minimum Gasteiger partial charge on any atom is -0.486 e. The van der Waals surface area contributed by atoms with Crippen molar-refractivity contribution >= 4 is 11.8 Å². The van der Waals surface area contributed by atoms with E-state index in [1.807, 2.05) is 11.5 Å². The lowest BCUT2D eigenvalue weighted by Crippen LogP contribution is -2.08. The Balaban J connectivity index is 1.66. The molecule has 148 valence electrons. The Morgan fingerprint density at radius 1 is 1.07 bits per heavy atom. The molecular weight excluding hydrogens is 394 g/mol. The van der Waals surface area contributed by atoms with Crippen LogP contribution >= 0.6 is 11.8 Å². The van der Waals surface area contributed by atoms with Crippen LogP contribution in [-0.4, -0.2) is 14.8 Å². The van der Waals surface area contributed by atoms with Crippen LogP contribution in [0.1, 0.15) is 23.9 Å². The number of alkyl halides is 3. The normalized spacial score (nSPS) is 11.6. The molecule has 0 atom stereocenters. The van der Waals surface area contributed by atoms with Gasteiger partial charge in [-0.3, -0.25) is 0 Å². The highest BCUT2D eigenvalue weighted by Crippen LogP contribution is 2.31. The Morgan fingerprint density at radius 2 is 1.82 bits per heavy atom. The molecule has 0 spiro atoms. The monoisotopic (exact) mass is 411 g/mol. The molecule has 0 saturated heterocycles. The molecule has 1 heterocycles. The van der Waals surface area contributed by atoms with Crippen molar-refractivity contribution in [1.29, 1.82) is 0 Å². The quantitative estimate of drug-likeness (QED) is 0.389. The summed E-state index contributed by atoms with van der Waals surface area (Å²) in [6, 6.07) is 10.9. The Kier molecular flexibility index (Phi) is 6.23. The minimum atomic E-state index is -4.42. The van der Waals surface area contributed by atoms with Gasteiger partial charge in [0.05, 0.1) is 5.56 Å². The van der Waals surface area contributed by atoms with E-state index in [2.05, 4.69) is 10.2 Å². The second kappa shape index (κ2) is 8.64. The van der Waals surface area contributed by atoms with E-state index < -0.39 is 11.7 Å². The summed E-state index contributed by atoms with van der Waals surface area (Å²) in [5.41, 5.74) is 0.177. The lowest BCUT2D eigenvalue weighted by Gasteiger charge is -2.11. The maximum Gasteiger partial charge on any atom is 0.416 e. The first kappa shape index (κ1) is 20.2. The number of rotatable bonds is 7. The standard InChI is InChI=1S/C19H17F4N3OS/c1-2-26-17(11-27-16-5-3-4-14(10-16)19(21,22)23)24-25-18(26)28-12-13-6-8-15(20)9-7-13/h3-10H,2,11-12H2,1H3. The SMILES string of the molecule is CCn1c(COc2cccc(C(F)(F)F)c2)nnc1SCc1ccc(F)cc1. The van der Waals surface area contributed by atoms with Crippen LogP contribution in [0.15, 0.2) is 53.7 Å². The number of hydrogen-bond donors (Lipinski definition) is 0. The third-order valence-corrected chi connectivity index (χ3v) is 4.96. The molecule has 9 heteroatoms. The summed E-state index contributed by atoms with van der Waals surface area (Å²) < 4.78 is 58.7. The van der Waals surface area contributed by atoms with Crippen LogP contribution in [0.25, 0.3) is 0 Å². The number of hydrogen-bond acceptors (Lipinski definition) is 4. The van der Waals surface area contributed by atoms with Crippen LogP contribution in [-0.2, 0) is 25.1 Å². The summed E-state index contributed by atoms with van der Waals surface area (Å²) in [6.07, 6.45) is -4.42. The molecule has 3 rings (SSSR count). The molecule has 28 heavy (non-hydrogen) atoms. The third kappa shape index (κ3) is 5.03. The van der Waals surface area contributed by atoms with Gasteiger partial charge < -0.3 is 9.30 Å². The van der Waals surface area contributed by atoms with E-state index in [1.54, 1.807) is 12.1 Å². The number of benzene rings is 2. The highest BCUT2D eigenvalue weighted by Gasteiger charge is 2.30. The van der Waals surface area contributed by atoms with Crippen molar-refractivity contribution in [3.05, 3.63) is 71.3 Å². The summed E-state index contributed by atoms with van der Waals surface area (Å²) in [7, 11) is 0. The highest BCUT2D eigenvalue weighted by molar-refractivity contribution is 7.98. The summed E-state index contributed by atoms with van der Waals surface area (Å²) in [5, 5.41) is 8.88. The predicted molar refractivity (Wildman–Crippen MR) is 97.4 cm³/mol. The average Bonchev–Trinajstić information content (AvgIpc) is 3.07. The number of ether oxygens (including phenoxy) is 1. The van der Waals surface area contributed by atoms with E-state index in [0.29, 0.717) is 23.3 Å². The van der Waals surface area contributed by atoms with E-state index in [1.165, 1.54) is 36.0 Å². The van der Waals surface area contributed by atoms with Crippen LogP contribution in [0.2, 0.25) is 0 Å². The zero-order valence-corrected chi connectivity index (χ0v) is 15.7. The second-order valence-electron chi connectivity index (χ2n) is 5.87. The molecule has 3 aromatic rings. The minimum absolute atomic E-state index is 0.000735. The first-order chi connectivity index (χ1) is 13.4. The van der Waals surface area contributed by atoms with Gasteiger partial charge in [-0.2, -0.15) is 13.2 Å². The van der Waals surface area contributed by atoms with Crippen molar-refractivity contribution in [3.8, 4) is 5.75 Å². The largest absolute Gasteiger partial charge is 0.486 e. The van der Waals surface area contributed by atoms with Gasteiger partial charge in [0.2, 0.25) is 0 Å². The molecule has 0 saturated carbocycles. The Morgan fingerprint density at radius 3 is 2.50 bits per heavy atom. The van der Waals surface area contributed by atoms with Crippen LogP contribution in [0.4, 0.5) is 17.6 Å². The van der Waals surface area contributed by atoms with Gasteiger partial charge in [0, 0.05) is 12.3 Å². The number of nitrogens with zero attached hydrogens (tertiary/aromatic N) is 3. The van der Waals surface area contributed by atoms with E-state index >= 15 is 0 Å². The number of halogens is 4. The van der Waals surface area contributed by atoms with E-state index in [9.17, 15) is 17.6 Å². The third-order valence-electron chi connectivity index (χ3n) is 3.92. The van der Waals surface area contributed by atoms with Crippen molar-refractivity contribution in [1.82, 2.24) is 14.8 Å². The maximum absolute atomic E-state index is 13.0. The zero-order valence-electron chi connectivity index (χ0n) is 14.9. The average molecular weight is 411 g/mol. The molecule has 2 aromatic carbocycles. The van der Waals surface area contributed by atoms with Crippen LogP contribution in [0.5, 0.6) is 5.75 Å². The van der Waals surface area contributed by atoms with Gasteiger partial charge in [0.15, 0.2) is 11.0 Å². The van der Waals surface area contributed by atoms with Gasteiger partial charge in [-0.25, -0.2) is 4.39 Å². The lowest BCUT2D eigenvalue weighted by molar-refractivity contribution is -0.137. The molecule has 0 fully saturated rings. The molecule has 1 aromatic heterocycles. The lowest BCUT2D eigenvalue weighted by atomic mass is 10.2. The van der Waals surface area contributed by atoms with Crippen LogP contribution < -0.4 is 4.74 Å². The maximum atomic E-state index is 13.0. The van der Waals surface area contributed by atoms with Crippen molar-refractivity contribution < 1.29 is 22.3 Å². The highest BCUT2D eigenvalue weighted by atomic mass is 32.2. The van der Waals surface area contributed by atoms with Crippen LogP contribution in [0.3, 0.4) is 0 Å². The Bertz CT molecular complexity index is 926. The van der Waals surface area contributed by atoms with Crippen molar-refractivity contribution in [2.75, 3.05) is 0 Å². The molecule has 0 radical (unpaired) electrons. The molecule has 4 nitrogen and oxygen atoms in total. The first-order valence-electron chi connectivity index (χ1n) is 8.46. The van der Waals surface area contributed by atoms with Crippen LogP contribution in [0, 0.1) is 5.82 Å². The predicted octanol–water partition coefficient (Wildman–Crippen LogP) is 5.33. The van der Waals surface area contributed by atoms with Crippen molar-refractivity contribution in [2.45, 2.75) is 37.2 Å². The molecular formula is C19H17F4N3OS. The molecule has 0 aliphatic heterocycles. The fraction of sp³-hybridized carbons (Fsp3) is 0.263. The number of aromatic nitrogens is 3. The van der Waals surface area contributed by atoms with Gasteiger partial charge in [-0.15, -0.1) is 10.2 Å². The van der Waals surface area contributed by atoms with E-state index in [0.717, 1.165) is 17.7 Å². The van der Waals surface area contributed by atoms with Gasteiger partial charge in [-0.1, -0.05) is 30.0 Å². The first-order valence-corrected chi connectivity index (χ1v) is 9.44. The second-order valence-corrected chi connectivity index (χ2v) is 6.81. The fourth-order valence-electron chi connectivity index (χ4n) is 2.49. The Labute approximate surface area is 163 Å². The molecule has 0 aliphatic carbocycles.